The van der Waals surface area contributed by atoms with Crippen LogP contribution in [0.15, 0.2) is 64.3 Å². The maximum absolute atomic E-state index is 13.2. The minimum atomic E-state index is -0.553. The van der Waals surface area contributed by atoms with Crippen molar-refractivity contribution in [1.29, 1.82) is 0 Å². The van der Waals surface area contributed by atoms with Crippen molar-refractivity contribution >= 4 is 39.2 Å². The Morgan fingerprint density at radius 1 is 1.11 bits per heavy atom. The molecular weight excluding hydrogens is 428 g/mol. The molecule has 0 aliphatic carbocycles. The normalized spacial score (nSPS) is 19.0. The molecule has 0 aromatic heterocycles. The minimum absolute atomic E-state index is 0.0465. The molecule has 2 aromatic carbocycles. The monoisotopic (exact) mass is 442 g/mol. The van der Waals surface area contributed by atoms with Crippen molar-refractivity contribution in [2.45, 2.75) is 6.04 Å². The molecule has 0 fully saturated rings. The number of carbonyl (C=O) groups is 2. The molecule has 0 radical (unpaired) electrons. The fraction of sp³-hybridized carbons (Fsp3) is 0.158. The summed E-state index contributed by atoms with van der Waals surface area (Å²) >= 11 is 3.38. The highest BCUT2D eigenvalue weighted by Crippen LogP contribution is 2.38. The van der Waals surface area contributed by atoms with E-state index in [2.05, 4.69) is 21.2 Å². The third kappa shape index (κ3) is 2.93. The number of halogens is 1. The minimum Gasteiger partial charge on any atom is -0.327 e. The number of amides is 3. The van der Waals surface area contributed by atoms with E-state index in [0.29, 0.717) is 17.0 Å². The maximum atomic E-state index is 13.2. The van der Waals surface area contributed by atoms with E-state index in [9.17, 15) is 19.7 Å². The summed E-state index contributed by atoms with van der Waals surface area (Å²) in [5.74, 6) is -0.233. The van der Waals surface area contributed by atoms with Crippen molar-refractivity contribution in [2.24, 2.45) is 0 Å². The topological polar surface area (TPSA) is 95.8 Å². The molecule has 2 aromatic rings. The molecule has 2 aliphatic rings. The van der Waals surface area contributed by atoms with Crippen molar-refractivity contribution in [3.05, 3.63) is 80.0 Å². The zero-order valence-electron chi connectivity index (χ0n) is 14.8. The quantitative estimate of drug-likeness (QED) is 0.582. The third-order valence-corrected chi connectivity index (χ3v) is 5.46. The summed E-state index contributed by atoms with van der Waals surface area (Å²) in [5.41, 5.74) is 2.43. The molecule has 3 amide bonds. The van der Waals surface area contributed by atoms with Crippen LogP contribution >= 0.6 is 15.9 Å². The van der Waals surface area contributed by atoms with Gasteiger partial charge in [-0.05, 0) is 29.8 Å². The molecule has 2 aliphatic heterocycles. The van der Waals surface area contributed by atoms with Crippen LogP contribution in [0.3, 0.4) is 0 Å². The van der Waals surface area contributed by atoms with Crippen LogP contribution in [-0.4, -0.2) is 35.4 Å². The van der Waals surface area contributed by atoms with E-state index < -0.39 is 11.0 Å². The number of nitrogens with zero attached hydrogens (tertiary/aromatic N) is 3. The van der Waals surface area contributed by atoms with E-state index in [1.165, 1.54) is 21.9 Å². The van der Waals surface area contributed by atoms with Crippen LogP contribution in [0, 0.1) is 10.1 Å². The summed E-state index contributed by atoms with van der Waals surface area (Å²) in [6.45, 7) is 0.225. The summed E-state index contributed by atoms with van der Waals surface area (Å²) in [5, 5.41) is 13.7. The number of rotatable bonds is 3. The highest BCUT2D eigenvalue weighted by Gasteiger charge is 2.43. The maximum Gasteiger partial charge on any atom is 0.322 e. The first kappa shape index (κ1) is 18.2. The van der Waals surface area contributed by atoms with Gasteiger partial charge in [-0.15, -0.1) is 0 Å². The number of nitro groups is 1. The summed E-state index contributed by atoms with van der Waals surface area (Å²) in [4.78, 5) is 39.0. The molecule has 0 bridgehead atoms. The smallest absolute Gasteiger partial charge is 0.322 e. The summed E-state index contributed by atoms with van der Waals surface area (Å²) in [6.07, 6.45) is 0. The summed E-state index contributed by atoms with van der Waals surface area (Å²) < 4.78 is 0.898. The molecule has 8 nitrogen and oxygen atoms in total. The standard InChI is InChI=1S/C19H15BrN4O4/c1-22-15-10-23(13-6-8-14(9-7-13)24(27)28)18(25)16(15)17(21-19(22)26)11-2-4-12(20)5-3-11/h2-9,17H,10H2,1H3,(H,21,26)/t17-/m1/s1. The second kappa shape index (κ2) is 6.75. The van der Waals surface area contributed by atoms with Gasteiger partial charge in [-0.3, -0.25) is 19.8 Å². The number of anilines is 1. The van der Waals surface area contributed by atoms with Crippen molar-refractivity contribution in [3.8, 4) is 0 Å². The van der Waals surface area contributed by atoms with E-state index in [1.54, 1.807) is 19.2 Å². The van der Waals surface area contributed by atoms with Gasteiger partial charge in [-0.2, -0.15) is 0 Å². The molecule has 28 heavy (non-hydrogen) atoms. The van der Waals surface area contributed by atoms with Gasteiger partial charge in [0, 0.05) is 29.3 Å². The Labute approximate surface area is 168 Å². The van der Waals surface area contributed by atoms with E-state index in [4.69, 9.17) is 0 Å². The number of non-ortho nitro benzene ring substituents is 1. The van der Waals surface area contributed by atoms with Gasteiger partial charge in [0.1, 0.15) is 0 Å². The lowest BCUT2D eigenvalue weighted by Gasteiger charge is -2.31. The predicted octanol–water partition coefficient (Wildman–Crippen LogP) is 3.35. The van der Waals surface area contributed by atoms with Gasteiger partial charge in [0.2, 0.25) is 0 Å². The lowest BCUT2D eigenvalue weighted by Crippen LogP contribution is -2.45. The molecule has 0 unspecified atom stereocenters. The molecule has 4 rings (SSSR count). The van der Waals surface area contributed by atoms with Crippen LogP contribution in [-0.2, 0) is 4.79 Å². The number of urea groups is 1. The van der Waals surface area contributed by atoms with Crippen molar-refractivity contribution in [2.75, 3.05) is 18.5 Å². The lowest BCUT2D eigenvalue weighted by molar-refractivity contribution is -0.384. The lowest BCUT2D eigenvalue weighted by atomic mass is 9.96. The van der Waals surface area contributed by atoms with Gasteiger partial charge in [-0.25, -0.2) is 4.79 Å². The van der Waals surface area contributed by atoms with Crippen LogP contribution in [0.5, 0.6) is 0 Å². The van der Waals surface area contributed by atoms with Gasteiger partial charge in [-0.1, -0.05) is 28.1 Å². The van der Waals surface area contributed by atoms with Crippen molar-refractivity contribution in [1.82, 2.24) is 10.2 Å². The number of nitrogens with one attached hydrogen (secondary N) is 1. The fourth-order valence-electron chi connectivity index (χ4n) is 3.44. The number of carbonyl (C=O) groups excluding carboxylic acids is 2. The largest absolute Gasteiger partial charge is 0.327 e. The highest BCUT2D eigenvalue weighted by atomic mass is 79.9. The van der Waals surface area contributed by atoms with E-state index in [-0.39, 0.29) is 24.2 Å². The number of likely N-dealkylation sites (N-methyl/N-ethyl adjacent to an activating group) is 1. The Morgan fingerprint density at radius 3 is 2.36 bits per heavy atom. The van der Waals surface area contributed by atoms with Crippen LogP contribution in [0.2, 0.25) is 0 Å². The Kier molecular flexibility index (Phi) is 4.38. The van der Waals surface area contributed by atoms with Gasteiger partial charge in [0.25, 0.3) is 11.6 Å². The molecule has 0 saturated carbocycles. The second-order valence-electron chi connectivity index (χ2n) is 6.52. The average Bonchev–Trinajstić information content (AvgIpc) is 3.03. The second-order valence-corrected chi connectivity index (χ2v) is 7.43. The first-order valence-corrected chi connectivity index (χ1v) is 9.25. The molecule has 0 saturated heterocycles. The number of nitro benzene ring substituents is 1. The van der Waals surface area contributed by atoms with Crippen LogP contribution in [0.1, 0.15) is 11.6 Å². The Morgan fingerprint density at radius 2 is 1.75 bits per heavy atom. The zero-order valence-corrected chi connectivity index (χ0v) is 16.3. The van der Waals surface area contributed by atoms with Gasteiger partial charge >= 0.3 is 6.03 Å². The van der Waals surface area contributed by atoms with Gasteiger partial charge < -0.3 is 10.2 Å². The number of hydrogen-bond acceptors (Lipinski definition) is 4. The first-order valence-electron chi connectivity index (χ1n) is 8.46. The first-order chi connectivity index (χ1) is 13.4. The SMILES string of the molecule is CN1C(=O)N[C@H](c2ccc(Br)cc2)C2=C1CN(c1ccc([N+](=O)[O-])cc1)C2=O. The van der Waals surface area contributed by atoms with Crippen molar-refractivity contribution < 1.29 is 14.5 Å². The predicted molar refractivity (Wildman–Crippen MR) is 106 cm³/mol. The van der Waals surface area contributed by atoms with Crippen LogP contribution in [0.25, 0.3) is 0 Å². The van der Waals surface area contributed by atoms with E-state index >= 15 is 0 Å². The average molecular weight is 443 g/mol. The van der Waals surface area contributed by atoms with Gasteiger partial charge in [0.05, 0.1) is 28.8 Å². The molecule has 1 atom stereocenters. The van der Waals surface area contributed by atoms with Gasteiger partial charge in [0.15, 0.2) is 0 Å². The van der Waals surface area contributed by atoms with Crippen LogP contribution in [0.4, 0.5) is 16.2 Å². The molecule has 2 heterocycles. The summed E-state index contributed by atoms with van der Waals surface area (Å²) in [7, 11) is 1.62. The Bertz CT molecular complexity index is 1020. The number of hydrogen-bond donors (Lipinski definition) is 1. The highest BCUT2D eigenvalue weighted by molar-refractivity contribution is 9.10. The molecule has 0 spiro atoms. The van der Waals surface area contributed by atoms with Crippen LogP contribution < -0.4 is 10.2 Å². The number of benzene rings is 2. The Balaban J connectivity index is 1.71. The van der Waals surface area contributed by atoms with Crippen molar-refractivity contribution in [3.63, 3.8) is 0 Å². The molecule has 1 N–H and O–H groups in total. The Hall–Kier alpha value is -3.20. The molecular formula is C19H15BrN4O4. The molecule has 9 heteroatoms. The fourth-order valence-corrected chi connectivity index (χ4v) is 3.70. The third-order valence-electron chi connectivity index (χ3n) is 4.94. The summed E-state index contributed by atoms with van der Waals surface area (Å²) in [6, 6.07) is 12.4. The zero-order chi connectivity index (χ0) is 20.0. The molecule has 142 valence electrons. The van der Waals surface area contributed by atoms with E-state index in [1.807, 2.05) is 24.3 Å². The van der Waals surface area contributed by atoms with E-state index in [0.717, 1.165) is 10.0 Å².